The van der Waals surface area contributed by atoms with Crippen LogP contribution in [0.2, 0.25) is 0 Å². The molecule has 0 aliphatic rings. The van der Waals surface area contributed by atoms with E-state index in [2.05, 4.69) is 41.2 Å². The average molecular weight is 478 g/mol. The van der Waals surface area contributed by atoms with Crippen molar-refractivity contribution in [1.82, 2.24) is 24.9 Å². The van der Waals surface area contributed by atoms with E-state index in [0.717, 1.165) is 39.2 Å². The second-order valence-corrected chi connectivity index (χ2v) is 8.76. The van der Waals surface area contributed by atoms with E-state index in [1.165, 1.54) is 5.56 Å². The van der Waals surface area contributed by atoms with Crippen LogP contribution in [0.25, 0.3) is 56.7 Å². The molecule has 37 heavy (non-hydrogen) atoms. The van der Waals surface area contributed by atoms with Gasteiger partial charge in [-0.1, -0.05) is 78.4 Å². The van der Waals surface area contributed by atoms with Gasteiger partial charge >= 0.3 is 0 Å². The van der Waals surface area contributed by atoms with Gasteiger partial charge in [-0.3, -0.25) is 9.97 Å². The topological polar surface area (TPSA) is 64.5 Å². The molecule has 3 heterocycles. The highest BCUT2D eigenvalue weighted by Crippen LogP contribution is 2.29. The van der Waals surface area contributed by atoms with E-state index in [-0.39, 0.29) is 0 Å². The third-order valence-corrected chi connectivity index (χ3v) is 6.11. The fraction of sp³-hybridized carbons (Fsp3) is 0.0312. The molecule has 176 valence electrons. The summed E-state index contributed by atoms with van der Waals surface area (Å²) in [7, 11) is 0. The molecule has 0 bridgehead atoms. The van der Waals surface area contributed by atoms with Crippen molar-refractivity contribution >= 4 is 0 Å². The average Bonchev–Trinajstić information content (AvgIpc) is 2.98. The first-order valence-electron chi connectivity index (χ1n) is 12.1. The molecule has 0 amide bonds. The van der Waals surface area contributed by atoms with Gasteiger partial charge < -0.3 is 0 Å². The Bertz CT molecular complexity index is 1560. The van der Waals surface area contributed by atoms with Crippen LogP contribution in [0.4, 0.5) is 0 Å². The Balaban J connectivity index is 1.50. The van der Waals surface area contributed by atoms with Crippen LogP contribution in [-0.2, 0) is 0 Å². The maximum Gasteiger partial charge on any atom is 0.164 e. The molecule has 5 nitrogen and oxygen atoms in total. The monoisotopic (exact) mass is 477 g/mol. The maximum atomic E-state index is 4.92. The largest absolute Gasteiger partial charge is 0.256 e. The van der Waals surface area contributed by atoms with Gasteiger partial charge in [-0.15, -0.1) is 0 Å². The molecule has 0 aliphatic carbocycles. The van der Waals surface area contributed by atoms with Crippen molar-refractivity contribution in [3.63, 3.8) is 0 Å². The molecule has 6 aromatic rings. The number of rotatable bonds is 5. The van der Waals surface area contributed by atoms with Gasteiger partial charge in [0, 0.05) is 40.2 Å². The van der Waals surface area contributed by atoms with E-state index in [1.54, 1.807) is 12.4 Å². The van der Waals surface area contributed by atoms with Crippen LogP contribution in [-0.4, -0.2) is 24.9 Å². The zero-order chi connectivity index (χ0) is 25.0. The first-order chi connectivity index (χ1) is 18.2. The van der Waals surface area contributed by atoms with Gasteiger partial charge in [0.15, 0.2) is 17.5 Å². The molecule has 0 unspecified atom stereocenters. The summed E-state index contributed by atoms with van der Waals surface area (Å²) in [5, 5.41) is 0. The van der Waals surface area contributed by atoms with Gasteiger partial charge in [-0.2, -0.15) is 0 Å². The molecule has 3 aromatic carbocycles. The molecule has 5 heteroatoms. The number of aryl methyl sites for hydroxylation is 1. The highest BCUT2D eigenvalue weighted by Gasteiger charge is 2.14. The number of hydrogen-bond donors (Lipinski definition) is 0. The summed E-state index contributed by atoms with van der Waals surface area (Å²) in [6, 6.07) is 36.3. The normalized spacial score (nSPS) is 10.8. The van der Waals surface area contributed by atoms with Crippen molar-refractivity contribution in [3.8, 4) is 56.7 Å². The zero-order valence-corrected chi connectivity index (χ0v) is 20.3. The van der Waals surface area contributed by atoms with Crippen LogP contribution >= 0.6 is 0 Å². The molecular formula is C32H23N5. The Morgan fingerprint density at radius 1 is 0.405 bits per heavy atom. The van der Waals surface area contributed by atoms with Crippen LogP contribution in [0.1, 0.15) is 5.56 Å². The highest BCUT2D eigenvalue weighted by atomic mass is 15.0. The second kappa shape index (κ2) is 9.91. The summed E-state index contributed by atoms with van der Waals surface area (Å²) in [5.74, 6) is 1.86. The van der Waals surface area contributed by atoms with Crippen molar-refractivity contribution in [2.24, 2.45) is 0 Å². The summed E-state index contributed by atoms with van der Waals surface area (Å²) >= 11 is 0. The van der Waals surface area contributed by atoms with E-state index in [0.29, 0.717) is 17.5 Å². The summed E-state index contributed by atoms with van der Waals surface area (Å²) < 4.78 is 0. The van der Waals surface area contributed by atoms with Gasteiger partial charge in [-0.25, -0.2) is 15.0 Å². The van der Waals surface area contributed by atoms with Gasteiger partial charge in [0.1, 0.15) is 0 Å². The molecule has 0 aliphatic heterocycles. The first-order valence-corrected chi connectivity index (χ1v) is 12.1. The molecule has 0 spiro atoms. The molecular weight excluding hydrogens is 454 g/mol. The summed E-state index contributed by atoms with van der Waals surface area (Å²) in [4.78, 5) is 23.7. The Morgan fingerprint density at radius 3 is 1.32 bits per heavy atom. The first kappa shape index (κ1) is 22.4. The van der Waals surface area contributed by atoms with Gasteiger partial charge in [0.2, 0.25) is 0 Å². The van der Waals surface area contributed by atoms with Crippen molar-refractivity contribution in [3.05, 3.63) is 127 Å². The standard InChI is InChI=1S/C32H23N5/c1-22-14-16-23(17-15-22)30-35-31(26-10-6-8-24(20-26)28-12-2-4-18-33-28)37-32(36-30)27-11-7-9-25(21-27)29-13-3-5-19-34-29/h2-21H,1H3. The van der Waals surface area contributed by atoms with E-state index >= 15 is 0 Å². The van der Waals surface area contributed by atoms with E-state index in [1.807, 2.05) is 84.9 Å². The van der Waals surface area contributed by atoms with E-state index in [4.69, 9.17) is 15.0 Å². The van der Waals surface area contributed by atoms with Crippen LogP contribution in [0.15, 0.2) is 122 Å². The molecule has 0 fully saturated rings. The minimum absolute atomic E-state index is 0.613. The van der Waals surface area contributed by atoms with Crippen molar-refractivity contribution in [1.29, 1.82) is 0 Å². The predicted molar refractivity (Wildman–Crippen MR) is 147 cm³/mol. The third-order valence-electron chi connectivity index (χ3n) is 6.11. The molecule has 3 aromatic heterocycles. The van der Waals surface area contributed by atoms with Crippen LogP contribution < -0.4 is 0 Å². The lowest BCUT2D eigenvalue weighted by atomic mass is 10.1. The molecule has 0 saturated heterocycles. The molecule has 0 saturated carbocycles. The number of benzene rings is 3. The van der Waals surface area contributed by atoms with Crippen LogP contribution in [0, 0.1) is 6.92 Å². The van der Waals surface area contributed by atoms with Gasteiger partial charge in [0.25, 0.3) is 0 Å². The van der Waals surface area contributed by atoms with Gasteiger partial charge in [0.05, 0.1) is 11.4 Å². The Labute approximate surface area is 215 Å². The number of pyridine rings is 2. The van der Waals surface area contributed by atoms with Gasteiger partial charge in [-0.05, 0) is 43.3 Å². The minimum Gasteiger partial charge on any atom is -0.256 e. The van der Waals surface area contributed by atoms with Crippen LogP contribution in [0.3, 0.4) is 0 Å². The zero-order valence-electron chi connectivity index (χ0n) is 20.3. The summed E-state index contributed by atoms with van der Waals surface area (Å²) in [5.41, 5.74) is 7.76. The fourth-order valence-electron chi connectivity index (χ4n) is 4.17. The van der Waals surface area contributed by atoms with E-state index < -0.39 is 0 Å². The third kappa shape index (κ3) is 4.88. The lowest BCUT2D eigenvalue weighted by Gasteiger charge is -2.10. The van der Waals surface area contributed by atoms with Crippen molar-refractivity contribution < 1.29 is 0 Å². The number of aromatic nitrogens is 5. The fourth-order valence-corrected chi connectivity index (χ4v) is 4.17. The molecule has 6 rings (SSSR count). The highest BCUT2D eigenvalue weighted by molar-refractivity contribution is 5.73. The molecule has 0 radical (unpaired) electrons. The van der Waals surface area contributed by atoms with Crippen molar-refractivity contribution in [2.45, 2.75) is 6.92 Å². The number of hydrogen-bond acceptors (Lipinski definition) is 5. The molecule has 0 N–H and O–H groups in total. The quantitative estimate of drug-likeness (QED) is 0.261. The van der Waals surface area contributed by atoms with E-state index in [9.17, 15) is 0 Å². The van der Waals surface area contributed by atoms with Crippen LogP contribution in [0.5, 0.6) is 0 Å². The predicted octanol–water partition coefficient (Wildman–Crippen LogP) is 7.31. The Morgan fingerprint density at radius 2 is 0.865 bits per heavy atom. The minimum atomic E-state index is 0.613. The SMILES string of the molecule is Cc1ccc(-c2nc(-c3cccc(-c4ccccn4)c3)nc(-c3cccc(-c4ccccn4)c3)n2)cc1. The number of nitrogens with zero attached hydrogens (tertiary/aromatic N) is 5. The second-order valence-electron chi connectivity index (χ2n) is 8.76. The lowest BCUT2D eigenvalue weighted by Crippen LogP contribution is -2.00. The Kier molecular flexibility index (Phi) is 6.01. The van der Waals surface area contributed by atoms with Crippen molar-refractivity contribution in [2.75, 3.05) is 0 Å². The maximum absolute atomic E-state index is 4.92. The smallest absolute Gasteiger partial charge is 0.164 e. The summed E-state index contributed by atoms with van der Waals surface area (Å²) in [6.07, 6.45) is 3.60. The Hall–Kier alpha value is -5.03. The lowest BCUT2D eigenvalue weighted by molar-refractivity contribution is 1.07. The summed E-state index contributed by atoms with van der Waals surface area (Å²) in [6.45, 7) is 2.07. The molecule has 0 atom stereocenters.